The number of rotatable bonds is 4. The van der Waals surface area contributed by atoms with Gasteiger partial charge < -0.3 is 24.8 Å². The molecule has 24 heavy (non-hydrogen) atoms. The van der Waals surface area contributed by atoms with Crippen molar-refractivity contribution in [1.29, 1.82) is 0 Å². The Kier molecular flexibility index (Phi) is 9.23. The van der Waals surface area contributed by atoms with Crippen molar-refractivity contribution < 1.29 is 45.2 Å². The molecule has 0 spiro atoms. The van der Waals surface area contributed by atoms with Crippen LogP contribution in [0.2, 0.25) is 0 Å². The maximum atomic E-state index is 2.46. The first-order chi connectivity index (χ1) is 10.2. The van der Waals surface area contributed by atoms with Crippen molar-refractivity contribution in [3.8, 4) is 0 Å². The molecule has 0 aromatic rings. The molecule has 0 amide bonds. The van der Waals surface area contributed by atoms with E-state index in [1.54, 1.807) is 15.0 Å². The monoisotopic (exact) mass is 419 g/mol. The molecular weight excluding hydrogens is 391 g/mol. The molecule has 2 aliphatic carbocycles. The van der Waals surface area contributed by atoms with E-state index in [9.17, 15) is 0 Å². The summed E-state index contributed by atoms with van der Waals surface area (Å²) in [5.41, 5.74) is 3.48. The van der Waals surface area contributed by atoms with Gasteiger partial charge in [0, 0.05) is 0 Å². The van der Waals surface area contributed by atoms with Crippen molar-refractivity contribution >= 4 is 11.8 Å². The van der Waals surface area contributed by atoms with Gasteiger partial charge >= 0.3 is 153 Å². The van der Waals surface area contributed by atoms with Gasteiger partial charge in [0.05, 0.1) is 0 Å². The van der Waals surface area contributed by atoms with Gasteiger partial charge in [-0.3, -0.25) is 0 Å². The minimum atomic E-state index is 0. The van der Waals surface area contributed by atoms with Crippen molar-refractivity contribution in [1.82, 2.24) is 0 Å². The van der Waals surface area contributed by atoms with E-state index in [-0.39, 0.29) is 40.4 Å². The molecule has 2 aliphatic rings. The molecule has 0 aliphatic heterocycles. The molecule has 0 aromatic heterocycles. The van der Waals surface area contributed by atoms with Gasteiger partial charge in [0.1, 0.15) is 0 Å². The van der Waals surface area contributed by atoms with Crippen LogP contribution in [-0.2, 0) is 20.4 Å². The second-order valence-electron chi connectivity index (χ2n) is 7.85. The van der Waals surface area contributed by atoms with Crippen LogP contribution in [0.25, 0.3) is 0 Å². The fourth-order valence-electron chi connectivity index (χ4n) is 3.96. The van der Waals surface area contributed by atoms with Crippen LogP contribution >= 0.6 is 11.8 Å². The quantitative estimate of drug-likeness (QED) is 0.587. The third kappa shape index (κ3) is 4.29. The molecule has 0 saturated carbocycles. The third-order valence-electron chi connectivity index (χ3n) is 5.05. The van der Waals surface area contributed by atoms with Gasteiger partial charge in [-0.2, -0.15) is 0 Å². The van der Waals surface area contributed by atoms with Crippen molar-refractivity contribution in [3.05, 3.63) is 45.4 Å². The van der Waals surface area contributed by atoms with Crippen molar-refractivity contribution in [2.24, 2.45) is 10.8 Å². The Labute approximate surface area is 177 Å². The minimum Gasteiger partial charge on any atom is -1.00 e. The summed E-state index contributed by atoms with van der Waals surface area (Å²) >= 11 is 4.45. The molecule has 0 saturated heterocycles. The fraction of sp³-hybridized carbons (Fsp3) is 0.600. The van der Waals surface area contributed by atoms with Gasteiger partial charge in [0.15, 0.2) is 0 Å². The average Bonchev–Trinajstić information content (AvgIpc) is 2.85. The van der Waals surface area contributed by atoms with E-state index in [2.05, 4.69) is 104 Å². The SMILES string of the molecule is CCSC1(C(C)(C)C2=[C]([Ti+2])CC=C2)CC=CC=C1C(C)(C)C.[Cl-].[Cl-]. The zero-order chi connectivity index (χ0) is 16.6. The molecule has 1 unspecified atom stereocenters. The molecule has 0 aromatic carbocycles. The summed E-state index contributed by atoms with van der Waals surface area (Å²) in [5.74, 6) is 1.15. The topological polar surface area (TPSA) is 0 Å². The molecular formula is C20H29Cl2STi. The summed E-state index contributed by atoms with van der Waals surface area (Å²) in [5, 5.41) is 0. The summed E-state index contributed by atoms with van der Waals surface area (Å²) < 4.78 is 1.70. The van der Waals surface area contributed by atoms with E-state index >= 15 is 0 Å². The minimum absolute atomic E-state index is 0. The number of halogens is 2. The van der Waals surface area contributed by atoms with Crippen LogP contribution in [0.3, 0.4) is 0 Å². The van der Waals surface area contributed by atoms with E-state index in [4.69, 9.17) is 0 Å². The molecule has 0 N–H and O–H groups in total. The maximum absolute atomic E-state index is 2.46. The maximum Gasteiger partial charge on any atom is -1.00 e. The fourth-order valence-corrected chi connectivity index (χ4v) is 6.47. The Morgan fingerprint density at radius 2 is 1.75 bits per heavy atom. The Balaban J connectivity index is 0.00000264. The van der Waals surface area contributed by atoms with E-state index in [0.717, 1.165) is 18.6 Å². The van der Waals surface area contributed by atoms with Gasteiger partial charge in [0.2, 0.25) is 0 Å². The van der Waals surface area contributed by atoms with Gasteiger partial charge in [-0.25, -0.2) is 0 Å². The Hall–Kier alpha value is 0.604. The van der Waals surface area contributed by atoms with Crippen molar-refractivity contribution in [3.63, 3.8) is 0 Å². The van der Waals surface area contributed by atoms with Crippen molar-refractivity contribution in [2.45, 2.75) is 59.1 Å². The smallest absolute Gasteiger partial charge is 1.00 e. The number of thioether (sulfide) groups is 1. The van der Waals surface area contributed by atoms with Gasteiger partial charge in [-0.1, -0.05) is 0 Å². The van der Waals surface area contributed by atoms with E-state index in [1.165, 1.54) is 0 Å². The van der Waals surface area contributed by atoms with Gasteiger partial charge in [0.25, 0.3) is 0 Å². The second-order valence-corrected chi connectivity index (χ2v) is 10.4. The van der Waals surface area contributed by atoms with Crippen LogP contribution in [-0.4, -0.2) is 10.5 Å². The second kappa shape index (κ2) is 9.00. The predicted octanol–water partition coefficient (Wildman–Crippen LogP) is 0.206. The first-order valence-corrected chi connectivity index (χ1v) is 10.1. The van der Waals surface area contributed by atoms with Gasteiger partial charge in [-0.05, 0) is 0 Å². The Morgan fingerprint density at radius 1 is 1.12 bits per heavy atom. The molecule has 2 rings (SSSR count). The number of hydrogen-bond acceptors (Lipinski definition) is 1. The van der Waals surface area contributed by atoms with Crippen LogP contribution < -0.4 is 24.8 Å². The zero-order valence-corrected chi connectivity index (χ0v) is 19.6. The molecule has 0 bridgehead atoms. The third-order valence-corrected chi connectivity index (χ3v) is 7.47. The molecule has 0 heterocycles. The first kappa shape index (κ1) is 24.6. The first-order valence-electron chi connectivity index (χ1n) is 8.30. The average molecular weight is 420 g/mol. The molecule has 4 heteroatoms. The molecule has 0 fully saturated rings. The van der Waals surface area contributed by atoms with Crippen LogP contribution in [0.1, 0.15) is 54.4 Å². The number of allylic oxidation sites excluding steroid dienone is 7. The summed E-state index contributed by atoms with van der Waals surface area (Å²) in [6.07, 6.45) is 14.0. The zero-order valence-electron chi connectivity index (χ0n) is 15.7. The van der Waals surface area contributed by atoms with Crippen LogP contribution in [0, 0.1) is 10.8 Å². The Morgan fingerprint density at radius 3 is 2.21 bits per heavy atom. The van der Waals surface area contributed by atoms with Crippen LogP contribution in [0.5, 0.6) is 0 Å². The summed E-state index contributed by atoms with van der Waals surface area (Å²) in [4.78, 5) is 0. The molecule has 0 nitrogen and oxygen atoms in total. The Bertz CT molecular complexity index is 565. The molecule has 133 valence electrons. The molecule has 1 atom stereocenters. The normalized spacial score (nSPS) is 23.8. The summed E-state index contributed by atoms with van der Waals surface area (Å²) in [6.45, 7) is 14.3. The summed E-state index contributed by atoms with van der Waals surface area (Å²) in [6, 6.07) is 0. The summed E-state index contributed by atoms with van der Waals surface area (Å²) in [7, 11) is 0. The van der Waals surface area contributed by atoms with Crippen LogP contribution in [0.15, 0.2) is 45.4 Å². The van der Waals surface area contributed by atoms with E-state index < -0.39 is 0 Å². The van der Waals surface area contributed by atoms with Gasteiger partial charge in [-0.15, -0.1) is 0 Å². The van der Waals surface area contributed by atoms with Crippen molar-refractivity contribution in [2.75, 3.05) is 5.75 Å². The van der Waals surface area contributed by atoms with E-state index in [1.807, 2.05) is 0 Å². The largest absolute Gasteiger partial charge is 1.00 e. The number of hydrogen-bond donors (Lipinski definition) is 0. The molecule has 0 radical (unpaired) electrons. The predicted molar refractivity (Wildman–Crippen MR) is 96.7 cm³/mol. The standard InChI is InChI=1S/C20H29S.2ClH.Ti/c1-7-21-20(19(5,6)16-12-8-9-13-16)15-11-10-14-17(20)18(2,3)4;;;/h8,10-12,14H,7,9,15H2,1-6H3;2*1H;/q;;;+2/p-2. The van der Waals surface area contributed by atoms with Crippen LogP contribution in [0.4, 0.5) is 0 Å². The van der Waals surface area contributed by atoms with E-state index in [0.29, 0.717) is 0 Å².